The minimum Gasteiger partial charge on any atom is -0.459 e. The SMILES string of the molecule is CN(CC(=O)OC(C)(C)C)C(=O)c1nn(-c2ccc(F)cc2)c2c1CCC2. The first-order valence-corrected chi connectivity index (χ1v) is 9.00. The smallest absolute Gasteiger partial charge is 0.326 e. The van der Waals surface area contributed by atoms with Crippen LogP contribution in [0.15, 0.2) is 24.3 Å². The Morgan fingerprint density at radius 1 is 1.22 bits per heavy atom. The summed E-state index contributed by atoms with van der Waals surface area (Å²) in [5, 5.41) is 4.49. The van der Waals surface area contributed by atoms with Gasteiger partial charge in [0.2, 0.25) is 0 Å². The number of aromatic nitrogens is 2. The molecule has 0 spiro atoms. The van der Waals surface area contributed by atoms with Gasteiger partial charge in [-0.25, -0.2) is 9.07 Å². The van der Waals surface area contributed by atoms with Crippen LogP contribution in [0.3, 0.4) is 0 Å². The van der Waals surface area contributed by atoms with Crippen molar-refractivity contribution in [3.05, 3.63) is 47.0 Å². The van der Waals surface area contributed by atoms with E-state index in [1.807, 2.05) is 0 Å². The van der Waals surface area contributed by atoms with Gasteiger partial charge in [-0.2, -0.15) is 5.10 Å². The van der Waals surface area contributed by atoms with E-state index in [-0.39, 0.29) is 18.3 Å². The predicted molar refractivity (Wildman–Crippen MR) is 98.4 cm³/mol. The standard InChI is InChI=1S/C20H24FN3O3/c1-20(2,3)27-17(25)12-23(4)19(26)18-15-6-5-7-16(15)24(22-18)14-10-8-13(21)9-11-14/h8-11H,5-7,12H2,1-4H3. The van der Waals surface area contributed by atoms with Crippen LogP contribution in [0.4, 0.5) is 4.39 Å². The molecule has 0 bridgehead atoms. The Kier molecular flexibility index (Phi) is 5.04. The number of amides is 1. The second-order valence-corrected chi connectivity index (χ2v) is 7.76. The maximum Gasteiger partial charge on any atom is 0.326 e. The third kappa shape index (κ3) is 4.18. The first kappa shape index (κ1) is 19.1. The molecule has 0 saturated heterocycles. The normalized spacial score (nSPS) is 13.4. The molecule has 0 unspecified atom stereocenters. The zero-order valence-electron chi connectivity index (χ0n) is 16.1. The Morgan fingerprint density at radius 2 is 1.89 bits per heavy atom. The molecular formula is C20H24FN3O3. The third-order valence-corrected chi connectivity index (χ3v) is 4.34. The Hall–Kier alpha value is -2.70. The fourth-order valence-corrected chi connectivity index (χ4v) is 3.23. The lowest BCUT2D eigenvalue weighted by Gasteiger charge is -2.22. The van der Waals surface area contributed by atoms with Gasteiger partial charge in [-0.1, -0.05) is 0 Å². The molecule has 2 aromatic rings. The molecule has 1 heterocycles. The number of hydrogen-bond donors (Lipinski definition) is 0. The molecule has 1 aromatic heterocycles. The van der Waals surface area contributed by atoms with Crippen molar-refractivity contribution >= 4 is 11.9 Å². The zero-order chi connectivity index (χ0) is 19.8. The van der Waals surface area contributed by atoms with Crippen molar-refractivity contribution in [3.8, 4) is 5.69 Å². The molecule has 7 heteroatoms. The monoisotopic (exact) mass is 373 g/mol. The van der Waals surface area contributed by atoms with E-state index in [0.29, 0.717) is 11.4 Å². The quantitative estimate of drug-likeness (QED) is 0.773. The first-order chi connectivity index (χ1) is 12.7. The van der Waals surface area contributed by atoms with E-state index in [9.17, 15) is 14.0 Å². The summed E-state index contributed by atoms with van der Waals surface area (Å²) in [5.74, 6) is -1.11. The summed E-state index contributed by atoms with van der Waals surface area (Å²) >= 11 is 0. The van der Waals surface area contributed by atoms with Gasteiger partial charge in [0, 0.05) is 18.3 Å². The van der Waals surface area contributed by atoms with Gasteiger partial charge < -0.3 is 9.64 Å². The number of hydrogen-bond acceptors (Lipinski definition) is 4. The van der Waals surface area contributed by atoms with Crippen LogP contribution in [-0.2, 0) is 22.4 Å². The Balaban J connectivity index is 1.84. The van der Waals surface area contributed by atoms with E-state index < -0.39 is 11.6 Å². The van der Waals surface area contributed by atoms with Gasteiger partial charge in [-0.05, 0) is 64.3 Å². The molecule has 3 rings (SSSR count). The molecule has 1 aliphatic rings. The summed E-state index contributed by atoms with van der Waals surface area (Å²) in [6, 6.07) is 6.02. The minimum absolute atomic E-state index is 0.145. The summed E-state index contributed by atoms with van der Waals surface area (Å²) in [6.07, 6.45) is 2.51. The van der Waals surface area contributed by atoms with E-state index in [1.165, 1.54) is 17.0 Å². The third-order valence-electron chi connectivity index (χ3n) is 4.34. The van der Waals surface area contributed by atoms with E-state index in [4.69, 9.17) is 4.74 Å². The lowest BCUT2D eigenvalue weighted by Crippen LogP contribution is -2.36. The predicted octanol–water partition coefficient (Wildman–Crippen LogP) is 2.91. The number of ether oxygens (including phenoxy) is 1. The van der Waals surface area contributed by atoms with Gasteiger partial charge in [0.05, 0.1) is 5.69 Å². The average molecular weight is 373 g/mol. The van der Waals surface area contributed by atoms with Gasteiger partial charge >= 0.3 is 5.97 Å². The van der Waals surface area contributed by atoms with Gasteiger partial charge in [0.15, 0.2) is 5.69 Å². The summed E-state index contributed by atoms with van der Waals surface area (Å²) < 4.78 is 20.2. The second-order valence-electron chi connectivity index (χ2n) is 7.76. The van der Waals surface area contributed by atoms with Crippen molar-refractivity contribution in [1.82, 2.24) is 14.7 Å². The highest BCUT2D eigenvalue weighted by Gasteiger charge is 2.29. The summed E-state index contributed by atoms with van der Waals surface area (Å²) in [5.41, 5.74) is 2.32. The second kappa shape index (κ2) is 7.13. The van der Waals surface area contributed by atoms with Crippen molar-refractivity contribution in [3.63, 3.8) is 0 Å². The largest absolute Gasteiger partial charge is 0.459 e. The number of carbonyl (C=O) groups excluding carboxylic acids is 2. The molecule has 0 N–H and O–H groups in total. The Morgan fingerprint density at radius 3 is 2.52 bits per heavy atom. The maximum atomic E-state index is 13.2. The summed E-state index contributed by atoms with van der Waals surface area (Å²) in [6.45, 7) is 5.20. The molecular weight excluding hydrogens is 349 g/mol. The highest BCUT2D eigenvalue weighted by molar-refractivity contribution is 5.96. The Bertz CT molecular complexity index is 866. The lowest BCUT2D eigenvalue weighted by atomic mass is 10.2. The zero-order valence-corrected chi connectivity index (χ0v) is 16.1. The number of carbonyl (C=O) groups is 2. The van der Waals surface area contributed by atoms with Crippen LogP contribution >= 0.6 is 0 Å². The lowest BCUT2D eigenvalue weighted by molar-refractivity contribution is -0.155. The van der Waals surface area contributed by atoms with Crippen LogP contribution in [0.5, 0.6) is 0 Å². The topological polar surface area (TPSA) is 64.4 Å². The minimum atomic E-state index is -0.605. The fraction of sp³-hybridized carbons (Fsp3) is 0.450. The van der Waals surface area contributed by atoms with Crippen molar-refractivity contribution in [2.75, 3.05) is 13.6 Å². The number of benzene rings is 1. The van der Waals surface area contributed by atoms with Crippen LogP contribution < -0.4 is 0 Å². The van der Waals surface area contributed by atoms with Crippen molar-refractivity contribution in [1.29, 1.82) is 0 Å². The van der Waals surface area contributed by atoms with Gasteiger partial charge in [-0.3, -0.25) is 9.59 Å². The van der Waals surface area contributed by atoms with Crippen LogP contribution in [0.2, 0.25) is 0 Å². The maximum absolute atomic E-state index is 13.2. The van der Waals surface area contributed by atoms with Crippen LogP contribution in [0, 0.1) is 5.82 Å². The highest BCUT2D eigenvalue weighted by Crippen LogP contribution is 2.28. The van der Waals surface area contributed by atoms with E-state index in [1.54, 1.807) is 44.6 Å². The molecule has 0 saturated carbocycles. The van der Waals surface area contributed by atoms with E-state index >= 15 is 0 Å². The molecule has 0 fully saturated rings. The molecule has 144 valence electrons. The Labute approximate surface area is 157 Å². The van der Waals surface area contributed by atoms with Crippen LogP contribution in [0.25, 0.3) is 5.69 Å². The number of halogens is 1. The van der Waals surface area contributed by atoms with E-state index in [0.717, 1.165) is 30.5 Å². The highest BCUT2D eigenvalue weighted by atomic mass is 19.1. The molecule has 1 aromatic carbocycles. The molecule has 0 radical (unpaired) electrons. The van der Waals surface area contributed by atoms with Gasteiger partial charge in [0.1, 0.15) is 18.0 Å². The molecule has 0 aliphatic heterocycles. The van der Waals surface area contributed by atoms with Crippen molar-refractivity contribution < 1.29 is 18.7 Å². The van der Waals surface area contributed by atoms with Gasteiger partial charge in [0.25, 0.3) is 5.91 Å². The number of nitrogens with zero attached hydrogens (tertiary/aromatic N) is 3. The van der Waals surface area contributed by atoms with Crippen molar-refractivity contribution in [2.24, 2.45) is 0 Å². The van der Waals surface area contributed by atoms with Crippen molar-refractivity contribution in [2.45, 2.75) is 45.6 Å². The summed E-state index contributed by atoms with van der Waals surface area (Å²) in [7, 11) is 1.56. The van der Waals surface area contributed by atoms with Crippen LogP contribution in [-0.4, -0.2) is 45.8 Å². The average Bonchev–Trinajstić information content (AvgIpc) is 3.15. The molecule has 1 amide bonds. The first-order valence-electron chi connectivity index (χ1n) is 9.00. The number of fused-ring (bicyclic) bond motifs is 1. The number of likely N-dealkylation sites (N-methyl/N-ethyl adjacent to an activating group) is 1. The molecule has 0 atom stereocenters. The molecule has 27 heavy (non-hydrogen) atoms. The fourth-order valence-electron chi connectivity index (χ4n) is 3.23. The summed E-state index contributed by atoms with van der Waals surface area (Å²) in [4.78, 5) is 26.2. The van der Waals surface area contributed by atoms with Crippen LogP contribution in [0.1, 0.15) is 48.9 Å². The molecule has 1 aliphatic carbocycles. The molecule has 6 nitrogen and oxygen atoms in total. The van der Waals surface area contributed by atoms with Gasteiger partial charge in [-0.15, -0.1) is 0 Å². The van der Waals surface area contributed by atoms with E-state index in [2.05, 4.69) is 5.10 Å². The number of rotatable bonds is 4. The number of esters is 1.